The highest BCUT2D eigenvalue weighted by atomic mass is 16.3. The molecule has 1 heterocycles. The summed E-state index contributed by atoms with van der Waals surface area (Å²) in [5.41, 5.74) is 1.51. The van der Waals surface area contributed by atoms with E-state index in [1.165, 1.54) is 0 Å². The number of amides is 2. The van der Waals surface area contributed by atoms with Crippen molar-refractivity contribution in [3.8, 4) is 5.75 Å². The molecule has 2 amide bonds. The molecule has 0 radical (unpaired) electrons. The summed E-state index contributed by atoms with van der Waals surface area (Å²) < 4.78 is 0. The van der Waals surface area contributed by atoms with Crippen LogP contribution in [-0.2, 0) is 16.1 Å². The highest BCUT2D eigenvalue weighted by Gasteiger charge is 2.29. The Kier molecular flexibility index (Phi) is 6.66. The molecule has 3 N–H and O–H groups in total. The van der Waals surface area contributed by atoms with Crippen LogP contribution in [0.25, 0.3) is 0 Å². The second-order valence-corrected chi connectivity index (χ2v) is 7.20. The van der Waals surface area contributed by atoms with Crippen molar-refractivity contribution >= 4 is 17.5 Å². The standard InChI is InChI=1S/C22H27N3O3/c1-16(21(27)23-15-17-7-3-2-4-8-17)25-13-11-18(12-14-25)22(28)24-19-9-5-6-10-20(19)26/h2-10,16,18,26H,11-15H2,1H3,(H,23,27)(H,24,28)/t16-/m1/s1. The number of likely N-dealkylation sites (tertiary alicyclic amines) is 1. The minimum atomic E-state index is -0.231. The molecule has 6 nitrogen and oxygen atoms in total. The normalized spacial score (nSPS) is 16.3. The van der Waals surface area contributed by atoms with Gasteiger partial charge in [-0.25, -0.2) is 0 Å². The molecule has 2 aromatic carbocycles. The van der Waals surface area contributed by atoms with Crippen molar-refractivity contribution in [1.82, 2.24) is 10.2 Å². The number of rotatable bonds is 6. The number of hydrogen-bond acceptors (Lipinski definition) is 4. The lowest BCUT2D eigenvalue weighted by Gasteiger charge is -2.34. The van der Waals surface area contributed by atoms with Gasteiger partial charge < -0.3 is 15.7 Å². The molecular weight excluding hydrogens is 354 g/mol. The summed E-state index contributed by atoms with van der Waals surface area (Å²) in [6, 6.07) is 16.3. The summed E-state index contributed by atoms with van der Waals surface area (Å²) in [6.45, 7) is 3.81. The maximum Gasteiger partial charge on any atom is 0.237 e. The van der Waals surface area contributed by atoms with Gasteiger partial charge in [-0.1, -0.05) is 42.5 Å². The third-order valence-corrected chi connectivity index (χ3v) is 5.30. The number of aromatic hydroxyl groups is 1. The largest absolute Gasteiger partial charge is 0.506 e. The van der Waals surface area contributed by atoms with Crippen LogP contribution in [-0.4, -0.2) is 41.0 Å². The van der Waals surface area contributed by atoms with Gasteiger partial charge in [0.05, 0.1) is 11.7 Å². The zero-order chi connectivity index (χ0) is 19.9. The van der Waals surface area contributed by atoms with Crippen molar-refractivity contribution in [3.05, 3.63) is 60.2 Å². The van der Waals surface area contributed by atoms with Crippen molar-refractivity contribution in [2.24, 2.45) is 5.92 Å². The third-order valence-electron chi connectivity index (χ3n) is 5.30. The molecule has 3 rings (SSSR count). The van der Waals surface area contributed by atoms with Gasteiger partial charge in [0.15, 0.2) is 0 Å². The molecule has 1 aliphatic heterocycles. The zero-order valence-electron chi connectivity index (χ0n) is 16.1. The predicted octanol–water partition coefficient (Wildman–Crippen LogP) is 2.75. The van der Waals surface area contributed by atoms with E-state index in [0.717, 1.165) is 5.56 Å². The van der Waals surface area contributed by atoms with Crippen molar-refractivity contribution < 1.29 is 14.7 Å². The smallest absolute Gasteiger partial charge is 0.237 e. The molecule has 1 atom stereocenters. The number of anilines is 1. The second kappa shape index (κ2) is 9.37. The number of carbonyl (C=O) groups is 2. The van der Waals surface area contributed by atoms with Crippen molar-refractivity contribution in [2.45, 2.75) is 32.4 Å². The van der Waals surface area contributed by atoms with Gasteiger partial charge in [-0.15, -0.1) is 0 Å². The minimum absolute atomic E-state index is 0.000891. The van der Waals surface area contributed by atoms with Gasteiger partial charge in [0.2, 0.25) is 11.8 Å². The minimum Gasteiger partial charge on any atom is -0.506 e. The number of nitrogens with zero attached hydrogens (tertiary/aromatic N) is 1. The van der Waals surface area contributed by atoms with Crippen molar-refractivity contribution in [1.29, 1.82) is 0 Å². The Morgan fingerprint density at radius 1 is 1.07 bits per heavy atom. The molecule has 2 aromatic rings. The number of hydrogen-bond donors (Lipinski definition) is 3. The van der Waals surface area contributed by atoms with Crippen LogP contribution in [0.1, 0.15) is 25.3 Å². The van der Waals surface area contributed by atoms with E-state index in [1.807, 2.05) is 37.3 Å². The molecule has 0 aliphatic carbocycles. The SMILES string of the molecule is C[C@H](C(=O)NCc1ccccc1)N1CCC(C(=O)Nc2ccccc2O)CC1. The summed E-state index contributed by atoms with van der Waals surface area (Å²) in [5.74, 6) is -0.129. The lowest BCUT2D eigenvalue weighted by molar-refractivity contribution is -0.127. The molecule has 0 spiro atoms. The van der Waals surface area contributed by atoms with Gasteiger partial charge in [-0.05, 0) is 50.6 Å². The van der Waals surface area contributed by atoms with Crippen LogP contribution in [0.15, 0.2) is 54.6 Å². The maximum absolute atomic E-state index is 12.5. The maximum atomic E-state index is 12.5. The average molecular weight is 381 g/mol. The molecular formula is C22H27N3O3. The van der Waals surface area contributed by atoms with E-state index >= 15 is 0 Å². The zero-order valence-corrected chi connectivity index (χ0v) is 16.1. The Labute approximate surface area is 165 Å². The Morgan fingerprint density at radius 2 is 1.71 bits per heavy atom. The Balaban J connectivity index is 1.45. The number of phenols is 1. The number of para-hydroxylation sites is 2. The van der Waals surface area contributed by atoms with Gasteiger partial charge in [0.25, 0.3) is 0 Å². The van der Waals surface area contributed by atoms with E-state index in [4.69, 9.17) is 0 Å². The van der Waals surface area contributed by atoms with E-state index in [-0.39, 0.29) is 29.5 Å². The molecule has 1 aliphatic rings. The monoisotopic (exact) mass is 381 g/mol. The van der Waals surface area contributed by atoms with Crippen molar-refractivity contribution in [2.75, 3.05) is 18.4 Å². The van der Waals surface area contributed by atoms with Crippen LogP contribution in [0.4, 0.5) is 5.69 Å². The van der Waals surface area contributed by atoms with E-state index in [1.54, 1.807) is 24.3 Å². The molecule has 0 bridgehead atoms. The fourth-order valence-electron chi connectivity index (χ4n) is 3.46. The molecule has 28 heavy (non-hydrogen) atoms. The third kappa shape index (κ3) is 5.10. The van der Waals surface area contributed by atoms with E-state index < -0.39 is 0 Å². The summed E-state index contributed by atoms with van der Waals surface area (Å²) in [7, 11) is 0. The molecule has 1 saturated heterocycles. The number of carbonyl (C=O) groups excluding carboxylic acids is 2. The lowest BCUT2D eigenvalue weighted by atomic mass is 9.94. The first-order chi connectivity index (χ1) is 13.5. The first kappa shape index (κ1) is 19.9. The van der Waals surface area contributed by atoms with Crippen LogP contribution in [0.3, 0.4) is 0 Å². The fourth-order valence-corrected chi connectivity index (χ4v) is 3.46. The number of nitrogens with one attached hydrogen (secondary N) is 2. The molecule has 148 valence electrons. The quantitative estimate of drug-likeness (QED) is 0.672. The van der Waals surface area contributed by atoms with Gasteiger partial charge in [0.1, 0.15) is 5.75 Å². The molecule has 0 aromatic heterocycles. The highest BCUT2D eigenvalue weighted by molar-refractivity contribution is 5.94. The summed E-state index contributed by atoms with van der Waals surface area (Å²) in [5, 5.41) is 15.6. The second-order valence-electron chi connectivity index (χ2n) is 7.20. The number of piperidine rings is 1. The van der Waals surface area contributed by atoms with E-state index in [2.05, 4.69) is 15.5 Å². The van der Waals surface area contributed by atoms with Crippen LogP contribution < -0.4 is 10.6 Å². The van der Waals surface area contributed by atoms with Gasteiger partial charge in [-0.3, -0.25) is 14.5 Å². The Hall–Kier alpha value is -2.86. The number of phenolic OH excluding ortho intramolecular Hbond substituents is 1. The lowest BCUT2D eigenvalue weighted by Crippen LogP contribution is -2.49. The first-order valence-electron chi connectivity index (χ1n) is 9.69. The average Bonchev–Trinajstić information content (AvgIpc) is 2.74. The van der Waals surface area contributed by atoms with Crippen LogP contribution in [0.5, 0.6) is 5.75 Å². The van der Waals surface area contributed by atoms with Crippen molar-refractivity contribution in [3.63, 3.8) is 0 Å². The summed E-state index contributed by atoms with van der Waals surface area (Å²) in [6.07, 6.45) is 1.38. The Bertz CT molecular complexity index is 802. The molecule has 1 fully saturated rings. The van der Waals surface area contributed by atoms with Crippen LogP contribution in [0.2, 0.25) is 0 Å². The summed E-state index contributed by atoms with van der Waals surface area (Å²) in [4.78, 5) is 27.0. The van der Waals surface area contributed by atoms with Gasteiger partial charge in [-0.2, -0.15) is 0 Å². The van der Waals surface area contributed by atoms with Crippen LogP contribution in [0, 0.1) is 5.92 Å². The molecule has 6 heteroatoms. The first-order valence-corrected chi connectivity index (χ1v) is 9.69. The predicted molar refractivity (Wildman–Crippen MR) is 109 cm³/mol. The van der Waals surface area contributed by atoms with E-state index in [0.29, 0.717) is 38.2 Å². The highest BCUT2D eigenvalue weighted by Crippen LogP contribution is 2.25. The molecule has 0 unspecified atom stereocenters. The van der Waals surface area contributed by atoms with E-state index in [9.17, 15) is 14.7 Å². The molecule has 0 saturated carbocycles. The van der Waals surface area contributed by atoms with Gasteiger partial charge in [0, 0.05) is 12.5 Å². The summed E-state index contributed by atoms with van der Waals surface area (Å²) >= 11 is 0. The fraction of sp³-hybridized carbons (Fsp3) is 0.364. The topological polar surface area (TPSA) is 81.7 Å². The van der Waals surface area contributed by atoms with Crippen LogP contribution >= 0.6 is 0 Å². The van der Waals surface area contributed by atoms with Gasteiger partial charge >= 0.3 is 0 Å². The number of benzene rings is 2. The Morgan fingerprint density at radius 3 is 2.39 bits per heavy atom.